The molecule has 1 aromatic heterocycles. The molecule has 0 unspecified atom stereocenters. The fraction of sp³-hybridized carbons (Fsp3) is 0.200. The number of halogens is 1. The zero-order valence-electron chi connectivity index (χ0n) is 15.0. The van der Waals surface area contributed by atoms with E-state index in [2.05, 4.69) is 25.3 Å². The largest absolute Gasteiger partial charge is 0.476 e. The van der Waals surface area contributed by atoms with E-state index in [1.807, 2.05) is 0 Å². The van der Waals surface area contributed by atoms with Crippen LogP contribution in [-0.4, -0.2) is 49.9 Å². The predicted octanol–water partition coefficient (Wildman–Crippen LogP) is -0.0685. The molecule has 29 heavy (non-hydrogen) atoms. The van der Waals surface area contributed by atoms with Crippen LogP contribution in [-0.2, 0) is 21.4 Å². The number of aromatic nitrogens is 1. The maximum Gasteiger partial charge on any atom is 0.357 e. The molecule has 2 aromatic rings. The summed E-state index contributed by atoms with van der Waals surface area (Å²) in [7, 11) is -2.80. The molecule has 0 bridgehead atoms. The third kappa shape index (κ3) is 5.86. The molecule has 2 rings (SSSR count). The number of rotatable bonds is 8. The van der Waals surface area contributed by atoms with E-state index >= 15 is 0 Å². The Morgan fingerprint density at radius 2 is 2.07 bits per heavy atom. The summed E-state index contributed by atoms with van der Waals surface area (Å²) in [5.41, 5.74) is 6.15. The van der Waals surface area contributed by atoms with Crippen LogP contribution in [0.5, 0.6) is 0 Å². The van der Waals surface area contributed by atoms with Crippen molar-refractivity contribution in [2.75, 3.05) is 18.3 Å². The van der Waals surface area contributed by atoms with E-state index in [0.717, 1.165) is 23.5 Å². The lowest BCUT2D eigenvalue weighted by atomic mass is 10.2. The van der Waals surface area contributed by atoms with Gasteiger partial charge in [0.25, 0.3) is 10.0 Å². The van der Waals surface area contributed by atoms with Crippen LogP contribution in [0.1, 0.15) is 16.1 Å². The Hall–Kier alpha value is -3.26. The number of thiazole rings is 1. The molecule has 0 saturated carbocycles. The summed E-state index contributed by atoms with van der Waals surface area (Å²) in [6.45, 7) is -0.344. The molecular formula is C15H17FN6O5S2. The first-order valence-corrected chi connectivity index (χ1v) is 10.2. The van der Waals surface area contributed by atoms with Gasteiger partial charge in [0.15, 0.2) is 11.7 Å². The number of hydrogen-bond donors (Lipinski definition) is 5. The molecule has 1 amide bonds. The van der Waals surface area contributed by atoms with E-state index < -0.39 is 38.3 Å². The Morgan fingerprint density at radius 3 is 2.69 bits per heavy atom. The molecule has 6 N–H and O–H groups in total. The zero-order valence-corrected chi connectivity index (χ0v) is 16.6. The lowest BCUT2D eigenvalue weighted by Gasteiger charge is -2.10. The van der Waals surface area contributed by atoms with Crippen LogP contribution in [0.15, 0.2) is 33.6 Å². The Morgan fingerprint density at radius 1 is 1.34 bits per heavy atom. The number of nitrogens with one attached hydrogen (secondary N) is 3. The minimum Gasteiger partial charge on any atom is -0.476 e. The van der Waals surface area contributed by atoms with Gasteiger partial charge in [0, 0.05) is 19.2 Å². The number of anilines is 1. The second kappa shape index (κ2) is 9.29. The van der Waals surface area contributed by atoms with Gasteiger partial charge in [-0.1, -0.05) is 6.07 Å². The first-order valence-electron chi connectivity index (χ1n) is 7.85. The summed E-state index contributed by atoms with van der Waals surface area (Å²) in [5, 5.41) is 13.8. The van der Waals surface area contributed by atoms with Crippen LogP contribution in [0.4, 0.5) is 9.39 Å². The highest BCUT2D eigenvalue weighted by Gasteiger charge is 2.22. The Kier molecular flexibility index (Phi) is 7.06. The van der Waals surface area contributed by atoms with Crippen LogP contribution in [0.25, 0.3) is 0 Å². The fourth-order valence-electron chi connectivity index (χ4n) is 2.00. The third-order valence-electron chi connectivity index (χ3n) is 3.48. The van der Waals surface area contributed by atoms with Gasteiger partial charge in [0.2, 0.25) is 5.91 Å². The van der Waals surface area contributed by atoms with Gasteiger partial charge < -0.3 is 21.5 Å². The molecule has 0 atom stereocenters. The summed E-state index contributed by atoms with van der Waals surface area (Å²) in [6.07, 6.45) is 0. The molecular weight excluding hydrogens is 427 g/mol. The molecule has 0 aliphatic heterocycles. The van der Waals surface area contributed by atoms with Gasteiger partial charge >= 0.3 is 5.97 Å². The molecule has 0 radical (unpaired) electrons. The average Bonchev–Trinajstić information content (AvgIpc) is 3.12. The van der Waals surface area contributed by atoms with Gasteiger partial charge in [-0.3, -0.25) is 14.5 Å². The number of nitrogens with two attached hydrogens (primary N) is 1. The second-order valence-corrected chi connectivity index (χ2v) is 7.97. The average molecular weight is 444 g/mol. The van der Waals surface area contributed by atoms with Gasteiger partial charge in [0.05, 0.1) is 17.0 Å². The molecule has 1 heterocycles. The summed E-state index contributed by atoms with van der Waals surface area (Å²) in [4.78, 5) is 29.5. The molecule has 14 heteroatoms. The third-order valence-corrected chi connectivity index (χ3v) is 5.70. The van der Waals surface area contributed by atoms with Gasteiger partial charge in [0.1, 0.15) is 10.8 Å². The molecule has 1 aromatic carbocycles. The Labute approximate surface area is 168 Å². The SMILES string of the molecule is C/N=C(/N)NCC(=O)NCc1ccc(S(=O)(=O)Nc2scnc2C(=O)O)cc1F. The number of benzene rings is 1. The van der Waals surface area contributed by atoms with Gasteiger partial charge in [-0.25, -0.2) is 22.6 Å². The number of carboxylic acids is 1. The second-order valence-electron chi connectivity index (χ2n) is 5.43. The number of aliphatic imine (C=N–C) groups is 1. The molecule has 11 nitrogen and oxygen atoms in total. The van der Waals surface area contributed by atoms with Crippen molar-refractivity contribution >= 4 is 44.2 Å². The van der Waals surface area contributed by atoms with E-state index in [-0.39, 0.29) is 29.6 Å². The molecule has 156 valence electrons. The number of hydrogen-bond acceptors (Lipinski definition) is 7. The summed E-state index contributed by atoms with van der Waals surface area (Å²) in [6, 6.07) is 3.10. The van der Waals surface area contributed by atoms with Crippen molar-refractivity contribution in [1.82, 2.24) is 15.6 Å². The number of carbonyl (C=O) groups excluding carboxylic acids is 1. The number of sulfonamides is 1. The molecule has 0 fully saturated rings. The summed E-state index contributed by atoms with van der Waals surface area (Å²) in [5.74, 6) is -2.66. The minimum atomic E-state index is -4.24. The first kappa shape index (κ1) is 22.0. The molecule has 0 aliphatic rings. The number of guanidine groups is 1. The zero-order chi connectivity index (χ0) is 21.6. The summed E-state index contributed by atoms with van der Waals surface area (Å²) >= 11 is 0.780. The number of aromatic carboxylic acids is 1. The smallest absolute Gasteiger partial charge is 0.357 e. The van der Waals surface area contributed by atoms with Crippen LogP contribution in [0.3, 0.4) is 0 Å². The highest BCUT2D eigenvalue weighted by atomic mass is 32.2. The van der Waals surface area contributed by atoms with Gasteiger partial charge in [-0.15, -0.1) is 11.3 Å². The van der Waals surface area contributed by atoms with Crippen molar-refractivity contribution in [1.29, 1.82) is 0 Å². The quantitative estimate of drug-likeness (QED) is 0.278. The first-order chi connectivity index (χ1) is 13.6. The van der Waals surface area contributed by atoms with Crippen LogP contribution >= 0.6 is 11.3 Å². The van der Waals surface area contributed by atoms with Crippen molar-refractivity contribution < 1.29 is 27.5 Å². The van der Waals surface area contributed by atoms with E-state index in [9.17, 15) is 22.4 Å². The van der Waals surface area contributed by atoms with Crippen molar-refractivity contribution in [3.8, 4) is 0 Å². The van der Waals surface area contributed by atoms with E-state index in [0.29, 0.717) is 0 Å². The van der Waals surface area contributed by atoms with Crippen molar-refractivity contribution in [3.63, 3.8) is 0 Å². The van der Waals surface area contributed by atoms with E-state index in [1.54, 1.807) is 0 Å². The van der Waals surface area contributed by atoms with Crippen molar-refractivity contribution in [2.45, 2.75) is 11.4 Å². The predicted molar refractivity (Wildman–Crippen MR) is 104 cm³/mol. The van der Waals surface area contributed by atoms with Crippen LogP contribution < -0.4 is 21.1 Å². The van der Waals surface area contributed by atoms with Gasteiger partial charge in [-0.05, 0) is 12.1 Å². The molecule has 0 spiro atoms. The van der Waals surface area contributed by atoms with Crippen LogP contribution in [0, 0.1) is 5.82 Å². The number of amides is 1. The van der Waals surface area contributed by atoms with Crippen LogP contribution in [0.2, 0.25) is 0 Å². The standard InChI is InChI=1S/C15H17FN6O5S2/c1-18-15(17)20-6-11(23)19-5-8-2-3-9(4-10(8)16)29(26,27)22-13-12(14(24)25)21-7-28-13/h2-4,7,22H,5-6H2,1H3,(H,19,23)(H,24,25)(H3,17,18,20). The van der Waals surface area contributed by atoms with Crippen molar-refractivity contribution in [2.24, 2.45) is 10.7 Å². The number of nitrogens with zero attached hydrogens (tertiary/aromatic N) is 2. The topological polar surface area (TPSA) is 176 Å². The van der Waals surface area contributed by atoms with Crippen molar-refractivity contribution in [3.05, 3.63) is 40.8 Å². The molecule has 0 saturated heterocycles. The van der Waals surface area contributed by atoms with Gasteiger partial charge in [-0.2, -0.15) is 0 Å². The van der Waals surface area contributed by atoms with E-state index in [1.165, 1.54) is 18.6 Å². The number of carbonyl (C=O) groups is 2. The maximum absolute atomic E-state index is 14.3. The fourth-order valence-corrected chi connectivity index (χ4v) is 4.00. The number of carboxylic acid groups (broad SMARTS) is 1. The highest BCUT2D eigenvalue weighted by Crippen LogP contribution is 2.24. The normalized spacial score (nSPS) is 11.7. The minimum absolute atomic E-state index is 0.0541. The highest BCUT2D eigenvalue weighted by molar-refractivity contribution is 7.93. The monoisotopic (exact) mass is 444 g/mol. The summed E-state index contributed by atoms with van der Waals surface area (Å²) < 4.78 is 41.1. The maximum atomic E-state index is 14.3. The molecule has 0 aliphatic carbocycles. The lowest BCUT2D eigenvalue weighted by molar-refractivity contribution is -0.120. The lowest BCUT2D eigenvalue weighted by Crippen LogP contribution is -2.40. The van der Waals surface area contributed by atoms with E-state index in [4.69, 9.17) is 10.8 Å². The Bertz CT molecular complexity index is 1050. The Balaban J connectivity index is 2.07.